The summed E-state index contributed by atoms with van der Waals surface area (Å²) in [5.41, 5.74) is 4.53. The molecule has 0 fully saturated rings. The standard InChI is InChI=1S/C29H21ClFNO3/c1-17(11-29(33)32-21-9-10-26(31)25(30)13-21)22-14-23-24(16-35-28(23)15-27(22)34-2)20-8-7-18-5-3-4-6-19(18)12-20/h3-16H,1-2H3,(H,32,33)/b17-11+. The number of amides is 1. The summed E-state index contributed by atoms with van der Waals surface area (Å²) in [5, 5.41) is 5.87. The molecule has 1 N–H and O–H groups in total. The minimum Gasteiger partial charge on any atom is -0.496 e. The lowest BCUT2D eigenvalue weighted by molar-refractivity contribution is -0.111. The molecule has 5 aromatic rings. The van der Waals surface area contributed by atoms with E-state index in [1.807, 2.05) is 31.2 Å². The second kappa shape index (κ2) is 9.28. The lowest BCUT2D eigenvalue weighted by Crippen LogP contribution is -2.08. The molecule has 6 heteroatoms. The molecule has 0 aliphatic heterocycles. The maximum absolute atomic E-state index is 13.4. The third-order valence-corrected chi connectivity index (χ3v) is 6.21. The Morgan fingerprint density at radius 1 is 1.03 bits per heavy atom. The van der Waals surface area contributed by atoms with Crippen LogP contribution in [0.2, 0.25) is 5.02 Å². The maximum Gasteiger partial charge on any atom is 0.248 e. The van der Waals surface area contributed by atoms with Gasteiger partial charge in [-0.2, -0.15) is 0 Å². The number of halogens is 2. The minimum atomic E-state index is -0.545. The number of fused-ring (bicyclic) bond motifs is 2. The topological polar surface area (TPSA) is 51.5 Å². The molecule has 0 bridgehead atoms. The largest absolute Gasteiger partial charge is 0.496 e. The Kier molecular flexibility index (Phi) is 6.01. The second-order valence-corrected chi connectivity index (χ2v) is 8.61. The van der Waals surface area contributed by atoms with Gasteiger partial charge in [0.05, 0.1) is 18.4 Å². The summed E-state index contributed by atoms with van der Waals surface area (Å²) in [7, 11) is 1.58. The van der Waals surface area contributed by atoms with E-state index >= 15 is 0 Å². The van der Waals surface area contributed by atoms with Crippen molar-refractivity contribution in [2.75, 3.05) is 12.4 Å². The van der Waals surface area contributed by atoms with Crippen molar-refractivity contribution in [2.24, 2.45) is 0 Å². The molecule has 0 aliphatic carbocycles. The normalized spacial score (nSPS) is 11.7. The van der Waals surface area contributed by atoms with Crippen LogP contribution in [-0.4, -0.2) is 13.0 Å². The number of carbonyl (C=O) groups is 1. The monoisotopic (exact) mass is 485 g/mol. The fraction of sp³-hybridized carbons (Fsp3) is 0.0690. The Morgan fingerprint density at radius 3 is 2.60 bits per heavy atom. The van der Waals surface area contributed by atoms with Gasteiger partial charge in [-0.05, 0) is 59.2 Å². The van der Waals surface area contributed by atoms with E-state index in [1.165, 1.54) is 29.7 Å². The fourth-order valence-corrected chi connectivity index (χ4v) is 4.32. The van der Waals surface area contributed by atoms with E-state index in [-0.39, 0.29) is 10.9 Å². The summed E-state index contributed by atoms with van der Waals surface area (Å²) >= 11 is 5.81. The van der Waals surface area contributed by atoms with Gasteiger partial charge in [-0.3, -0.25) is 4.79 Å². The molecule has 0 saturated heterocycles. The average Bonchev–Trinajstić information content (AvgIpc) is 3.28. The van der Waals surface area contributed by atoms with Crippen molar-refractivity contribution in [2.45, 2.75) is 6.92 Å². The predicted octanol–water partition coefficient (Wildman–Crippen LogP) is 8.10. The maximum atomic E-state index is 13.4. The molecule has 0 saturated carbocycles. The van der Waals surface area contributed by atoms with Crippen molar-refractivity contribution in [3.63, 3.8) is 0 Å². The number of nitrogens with one attached hydrogen (secondary N) is 1. The Hall–Kier alpha value is -4.09. The number of carbonyl (C=O) groups excluding carboxylic acids is 1. The zero-order chi connectivity index (χ0) is 24.5. The van der Waals surface area contributed by atoms with E-state index in [1.54, 1.807) is 13.4 Å². The first-order valence-corrected chi connectivity index (χ1v) is 11.3. The first kappa shape index (κ1) is 22.7. The van der Waals surface area contributed by atoms with E-state index in [9.17, 15) is 9.18 Å². The van der Waals surface area contributed by atoms with Gasteiger partial charge in [0, 0.05) is 34.3 Å². The third-order valence-electron chi connectivity index (χ3n) is 5.92. The molecule has 0 aliphatic rings. The van der Waals surface area contributed by atoms with Crippen molar-refractivity contribution in [1.82, 2.24) is 0 Å². The van der Waals surface area contributed by atoms with Crippen LogP contribution in [0.15, 0.2) is 89.6 Å². The summed E-state index contributed by atoms with van der Waals surface area (Å²) < 4.78 is 24.8. The Bertz CT molecular complexity index is 1620. The molecule has 1 amide bonds. The van der Waals surface area contributed by atoms with Gasteiger partial charge in [0.15, 0.2) is 0 Å². The lowest BCUT2D eigenvalue weighted by Gasteiger charge is -2.10. The minimum absolute atomic E-state index is 0.0585. The highest BCUT2D eigenvalue weighted by molar-refractivity contribution is 6.31. The first-order valence-electron chi connectivity index (χ1n) is 11.0. The van der Waals surface area contributed by atoms with Crippen molar-refractivity contribution in [3.05, 3.63) is 102 Å². The van der Waals surface area contributed by atoms with Gasteiger partial charge in [0.25, 0.3) is 0 Å². The highest BCUT2D eigenvalue weighted by Gasteiger charge is 2.15. The van der Waals surface area contributed by atoms with Gasteiger partial charge >= 0.3 is 0 Å². The zero-order valence-electron chi connectivity index (χ0n) is 19.1. The summed E-state index contributed by atoms with van der Waals surface area (Å²) in [6.45, 7) is 1.83. The molecule has 5 rings (SSSR count). The van der Waals surface area contributed by atoms with Crippen molar-refractivity contribution < 1.29 is 18.3 Å². The number of furan rings is 1. The van der Waals surface area contributed by atoms with Crippen LogP contribution < -0.4 is 10.1 Å². The molecular formula is C29H21ClFNO3. The SMILES string of the molecule is COc1cc2occ(-c3ccc4ccccc4c3)c2cc1/C(C)=C/C(=O)Nc1ccc(F)c(Cl)c1. The van der Waals surface area contributed by atoms with Crippen LogP contribution in [-0.2, 0) is 4.79 Å². The molecule has 174 valence electrons. The van der Waals surface area contributed by atoms with Crippen LogP contribution in [0.5, 0.6) is 5.75 Å². The summed E-state index contributed by atoms with van der Waals surface area (Å²) in [4.78, 5) is 12.6. The molecule has 0 spiro atoms. The number of hydrogen-bond acceptors (Lipinski definition) is 3. The van der Waals surface area contributed by atoms with E-state index in [2.05, 4.69) is 35.6 Å². The molecule has 0 radical (unpaired) electrons. The summed E-state index contributed by atoms with van der Waals surface area (Å²) in [5.74, 6) is -0.325. The van der Waals surface area contributed by atoms with Crippen LogP contribution in [0.3, 0.4) is 0 Å². The lowest BCUT2D eigenvalue weighted by atomic mass is 9.97. The zero-order valence-corrected chi connectivity index (χ0v) is 19.8. The molecule has 1 heterocycles. The summed E-state index contributed by atoms with van der Waals surface area (Å²) in [6.07, 6.45) is 3.21. The number of anilines is 1. The van der Waals surface area contributed by atoms with Gasteiger partial charge in [0.1, 0.15) is 17.1 Å². The van der Waals surface area contributed by atoms with Crippen molar-refractivity contribution in [3.8, 4) is 16.9 Å². The molecule has 0 unspecified atom stereocenters. The van der Waals surface area contributed by atoms with Crippen LogP contribution in [0.25, 0.3) is 38.4 Å². The average molecular weight is 486 g/mol. The van der Waals surface area contributed by atoms with E-state index in [0.717, 1.165) is 27.5 Å². The molecule has 35 heavy (non-hydrogen) atoms. The van der Waals surface area contributed by atoms with E-state index in [0.29, 0.717) is 22.6 Å². The predicted molar refractivity (Wildman–Crippen MR) is 139 cm³/mol. The van der Waals surface area contributed by atoms with Gasteiger partial charge in [-0.25, -0.2) is 4.39 Å². The van der Waals surface area contributed by atoms with E-state index in [4.69, 9.17) is 20.8 Å². The van der Waals surface area contributed by atoms with Crippen LogP contribution >= 0.6 is 11.6 Å². The van der Waals surface area contributed by atoms with Crippen LogP contribution in [0.4, 0.5) is 10.1 Å². The second-order valence-electron chi connectivity index (χ2n) is 8.21. The van der Waals surface area contributed by atoms with Gasteiger partial charge in [0.2, 0.25) is 5.91 Å². The Balaban J connectivity index is 1.52. The quantitative estimate of drug-likeness (QED) is 0.256. The van der Waals surface area contributed by atoms with Gasteiger partial charge in [-0.15, -0.1) is 0 Å². The first-order chi connectivity index (χ1) is 16.9. The van der Waals surface area contributed by atoms with Crippen LogP contribution in [0.1, 0.15) is 12.5 Å². The number of ether oxygens (including phenoxy) is 1. The number of methoxy groups -OCH3 is 1. The highest BCUT2D eigenvalue weighted by Crippen LogP contribution is 2.38. The van der Waals surface area contributed by atoms with Crippen LogP contribution in [0, 0.1) is 5.82 Å². The number of allylic oxidation sites excluding steroid dienone is 1. The molecule has 0 atom stereocenters. The smallest absolute Gasteiger partial charge is 0.248 e. The fourth-order valence-electron chi connectivity index (χ4n) is 4.14. The van der Waals surface area contributed by atoms with Gasteiger partial charge < -0.3 is 14.5 Å². The Labute approximate surface area is 206 Å². The summed E-state index contributed by atoms with van der Waals surface area (Å²) in [6, 6.07) is 22.3. The molecule has 1 aromatic heterocycles. The number of hydrogen-bond donors (Lipinski definition) is 1. The number of rotatable bonds is 5. The molecule has 4 aromatic carbocycles. The van der Waals surface area contributed by atoms with Gasteiger partial charge in [-0.1, -0.05) is 48.0 Å². The Morgan fingerprint density at radius 2 is 1.83 bits per heavy atom. The van der Waals surface area contributed by atoms with Crippen molar-refractivity contribution in [1.29, 1.82) is 0 Å². The highest BCUT2D eigenvalue weighted by atomic mass is 35.5. The van der Waals surface area contributed by atoms with E-state index < -0.39 is 5.82 Å². The molecular weight excluding hydrogens is 465 g/mol. The molecule has 4 nitrogen and oxygen atoms in total. The number of benzene rings is 4. The van der Waals surface area contributed by atoms with Crippen molar-refractivity contribution >= 4 is 50.5 Å². The third kappa shape index (κ3) is 4.51.